The van der Waals surface area contributed by atoms with E-state index in [9.17, 15) is 0 Å². The van der Waals surface area contributed by atoms with Crippen molar-refractivity contribution in [2.45, 2.75) is 13.1 Å². The second-order valence-corrected chi connectivity index (χ2v) is 6.33. The number of para-hydroxylation sites is 1. The second-order valence-electron chi connectivity index (χ2n) is 4.44. The van der Waals surface area contributed by atoms with E-state index in [0.29, 0.717) is 0 Å². The fourth-order valence-corrected chi connectivity index (χ4v) is 3.47. The molecule has 1 aromatic carbocycles. The van der Waals surface area contributed by atoms with E-state index in [2.05, 4.69) is 73.8 Å². The molecule has 1 N–H and O–H groups in total. The predicted octanol–water partition coefficient (Wildman–Crippen LogP) is 4.26. The van der Waals surface area contributed by atoms with Crippen molar-refractivity contribution in [3.05, 3.63) is 57.3 Å². The number of thiophene rings is 1. The zero-order valence-electron chi connectivity index (χ0n) is 10.5. The molecule has 2 heterocycles. The number of benzene rings is 1. The van der Waals surface area contributed by atoms with E-state index in [1.165, 1.54) is 20.3 Å². The first kappa shape index (κ1) is 12.9. The van der Waals surface area contributed by atoms with Gasteiger partial charge in [0.1, 0.15) is 0 Å². The molecule has 0 aliphatic heterocycles. The third-order valence-corrected chi connectivity index (χ3v) is 4.66. The highest BCUT2D eigenvalue weighted by Gasteiger charge is 2.04. The molecule has 0 saturated carbocycles. The first-order valence-corrected chi connectivity index (χ1v) is 7.98. The van der Waals surface area contributed by atoms with Gasteiger partial charge >= 0.3 is 0 Å². The number of nitrogens with zero attached hydrogens (tertiary/aromatic N) is 1. The Labute approximate surface area is 125 Å². The van der Waals surface area contributed by atoms with Gasteiger partial charge in [0.2, 0.25) is 0 Å². The van der Waals surface area contributed by atoms with Crippen LogP contribution in [0.4, 0.5) is 0 Å². The SMILES string of the molecule is Brc1cn(CCNCc2cccs2)c2ccccc12. The molecular formula is C15H15BrN2S. The third-order valence-electron chi connectivity index (χ3n) is 3.15. The van der Waals surface area contributed by atoms with Crippen LogP contribution in [0.2, 0.25) is 0 Å². The molecule has 4 heteroatoms. The van der Waals surface area contributed by atoms with Gasteiger partial charge in [0.25, 0.3) is 0 Å². The molecule has 0 amide bonds. The molecule has 0 bridgehead atoms. The molecule has 0 fully saturated rings. The Kier molecular flexibility index (Phi) is 4.01. The maximum atomic E-state index is 3.62. The molecular weight excluding hydrogens is 320 g/mol. The minimum absolute atomic E-state index is 0.956. The Morgan fingerprint density at radius 2 is 2.05 bits per heavy atom. The van der Waals surface area contributed by atoms with Gasteiger partial charge in [-0.3, -0.25) is 0 Å². The summed E-state index contributed by atoms with van der Waals surface area (Å²) < 4.78 is 3.46. The number of halogens is 1. The molecule has 0 unspecified atom stereocenters. The zero-order valence-corrected chi connectivity index (χ0v) is 12.9. The molecule has 0 spiro atoms. The van der Waals surface area contributed by atoms with Crippen molar-refractivity contribution < 1.29 is 0 Å². The number of rotatable bonds is 5. The van der Waals surface area contributed by atoms with E-state index in [1.807, 2.05) is 0 Å². The Bertz CT molecular complexity index is 658. The third kappa shape index (κ3) is 2.91. The molecule has 0 aliphatic rings. The van der Waals surface area contributed by atoms with Crippen LogP contribution in [0, 0.1) is 0 Å². The van der Waals surface area contributed by atoms with E-state index in [4.69, 9.17) is 0 Å². The van der Waals surface area contributed by atoms with Crippen LogP contribution < -0.4 is 5.32 Å². The topological polar surface area (TPSA) is 17.0 Å². The largest absolute Gasteiger partial charge is 0.345 e. The summed E-state index contributed by atoms with van der Waals surface area (Å²) in [5, 5.41) is 6.88. The van der Waals surface area contributed by atoms with Crippen molar-refractivity contribution in [1.82, 2.24) is 9.88 Å². The average Bonchev–Trinajstić information content (AvgIpc) is 3.04. The van der Waals surface area contributed by atoms with Gasteiger partial charge in [-0.1, -0.05) is 24.3 Å². The average molecular weight is 335 g/mol. The minimum Gasteiger partial charge on any atom is -0.345 e. The summed E-state index contributed by atoms with van der Waals surface area (Å²) in [5.41, 5.74) is 1.28. The number of fused-ring (bicyclic) bond motifs is 1. The van der Waals surface area contributed by atoms with Crippen LogP contribution in [-0.2, 0) is 13.1 Å². The quantitative estimate of drug-likeness (QED) is 0.690. The highest BCUT2D eigenvalue weighted by atomic mass is 79.9. The summed E-state index contributed by atoms with van der Waals surface area (Å²) >= 11 is 5.42. The molecule has 98 valence electrons. The molecule has 3 aromatic rings. The fourth-order valence-electron chi connectivity index (χ4n) is 2.21. The molecule has 2 nitrogen and oxygen atoms in total. The normalized spacial score (nSPS) is 11.2. The van der Waals surface area contributed by atoms with Gasteiger partial charge in [-0.25, -0.2) is 0 Å². The highest BCUT2D eigenvalue weighted by Crippen LogP contribution is 2.25. The summed E-state index contributed by atoms with van der Waals surface area (Å²) in [6, 6.07) is 12.7. The molecule has 0 aliphatic carbocycles. The van der Waals surface area contributed by atoms with E-state index >= 15 is 0 Å². The minimum atomic E-state index is 0.956. The van der Waals surface area contributed by atoms with Gasteiger partial charge in [0.05, 0.1) is 0 Å². The Hall–Kier alpha value is -1.10. The predicted molar refractivity (Wildman–Crippen MR) is 85.7 cm³/mol. The van der Waals surface area contributed by atoms with Crippen LogP contribution in [-0.4, -0.2) is 11.1 Å². The molecule has 3 rings (SSSR count). The van der Waals surface area contributed by atoms with E-state index in [1.54, 1.807) is 11.3 Å². The maximum Gasteiger partial charge on any atom is 0.0492 e. The lowest BCUT2D eigenvalue weighted by atomic mass is 10.2. The lowest BCUT2D eigenvalue weighted by Gasteiger charge is -2.06. The van der Waals surface area contributed by atoms with Crippen LogP contribution in [0.5, 0.6) is 0 Å². The standard InChI is InChI=1S/C15H15BrN2S/c16-14-11-18(15-6-2-1-5-13(14)15)8-7-17-10-12-4-3-9-19-12/h1-6,9,11,17H,7-8,10H2. The van der Waals surface area contributed by atoms with Gasteiger partial charge in [-0.15, -0.1) is 11.3 Å². The van der Waals surface area contributed by atoms with Gasteiger partial charge in [0.15, 0.2) is 0 Å². The number of nitrogens with one attached hydrogen (secondary N) is 1. The number of hydrogen-bond acceptors (Lipinski definition) is 2. The highest BCUT2D eigenvalue weighted by molar-refractivity contribution is 9.10. The molecule has 2 aromatic heterocycles. The van der Waals surface area contributed by atoms with Gasteiger partial charge in [-0.05, 0) is 33.4 Å². The summed E-state index contributed by atoms with van der Waals surface area (Å²) in [4.78, 5) is 1.39. The summed E-state index contributed by atoms with van der Waals surface area (Å²) in [6.07, 6.45) is 2.16. The molecule has 0 saturated heterocycles. The first-order chi connectivity index (χ1) is 9.34. The van der Waals surface area contributed by atoms with Crippen molar-refractivity contribution in [1.29, 1.82) is 0 Å². The maximum absolute atomic E-state index is 3.62. The smallest absolute Gasteiger partial charge is 0.0492 e. The van der Waals surface area contributed by atoms with Gasteiger partial charge in [-0.2, -0.15) is 0 Å². The van der Waals surface area contributed by atoms with Crippen LogP contribution >= 0.6 is 27.3 Å². The van der Waals surface area contributed by atoms with Gasteiger partial charge < -0.3 is 9.88 Å². The van der Waals surface area contributed by atoms with Crippen LogP contribution in [0.1, 0.15) is 4.88 Å². The van der Waals surface area contributed by atoms with Crippen LogP contribution in [0.25, 0.3) is 10.9 Å². The van der Waals surface area contributed by atoms with E-state index in [-0.39, 0.29) is 0 Å². The molecule has 0 atom stereocenters. The van der Waals surface area contributed by atoms with Crippen molar-refractivity contribution in [2.24, 2.45) is 0 Å². The van der Waals surface area contributed by atoms with Crippen LogP contribution in [0.3, 0.4) is 0 Å². The number of hydrogen-bond donors (Lipinski definition) is 1. The van der Waals surface area contributed by atoms with Crippen LogP contribution in [0.15, 0.2) is 52.4 Å². The first-order valence-electron chi connectivity index (χ1n) is 6.31. The van der Waals surface area contributed by atoms with E-state index < -0.39 is 0 Å². The van der Waals surface area contributed by atoms with Crippen molar-refractivity contribution in [3.63, 3.8) is 0 Å². The zero-order chi connectivity index (χ0) is 13.1. The second kappa shape index (κ2) is 5.90. The Morgan fingerprint density at radius 3 is 2.89 bits per heavy atom. The molecule has 19 heavy (non-hydrogen) atoms. The summed E-state index contributed by atoms with van der Waals surface area (Å²) in [6.45, 7) is 2.92. The van der Waals surface area contributed by atoms with Crippen molar-refractivity contribution >= 4 is 38.2 Å². The van der Waals surface area contributed by atoms with Crippen molar-refractivity contribution in [2.75, 3.05) is 6.54 Å². The monoisotopic (exact) mass is 334 g/mol. The lowest BCUT2D eigenvalue weighted by Crippen LogP contribution is -2.18. The van der Waals surface area contributed by atoms with Crippen molar-refractivity contribution in [3.8, 4) is 0 Å². The summed E-state index contributed by atoms with van der Waals surface area (Å²) in [7, 11) is 0. The fraction of sp³-hybridized carbons (Fsp3) is 0.200. The Balaban J connectivity index is 1.62. The van der Waals surface area contributed by atoms with Gasteiger partial charge in [0, 0.05) is 46.1 Å². The number of aromatic nitrogens is 1. The summed E-state index contributed by atoms with van der Waals surface area (Å²) in [5.74, 6) is 0. The Morgan fingerprint density at radius 1 is 1.16 bits per heavy atom. The molecule has 0 radical (unpaired) electrons. The lowest BCUT2D eigenvalue weighted by molar-refractivity contribution is 0.612. The van der Waals surface area contributed by atoms with E-state index in [0.717, 1.165) is 19.6 Å².